The van der Waals surface area contributed by atoms with Crippen molar-refractivity contribution in [3.05, 3.63) is 42.0 Å². The van der Waals surface area contributed by atoms with Crippen LogP contribution in [0.5, 0.6) is 0 Å². The molecule has 0 heterocycles. The molecule has 2 aromatic carbocycles. The molecule has 0 radical (unpaired) electrons. The van der Waals surface area contributed by atoms with Gasteiger partial charge in [0.15, 0.2) is 0 Å². The van der Waals surface area contributed by atoms with E-state index in [-0.39, 0.29) is 6.03 Å². The van der Waals surface area contributed by atoms with Gasteiger partial charge in [0.25, 0.3) is 0 Å². The second kappa shape index (κ2) is 6.62. The van der Waals surface area contributed by atoms with E-state index in [1.54, 1.807) is 14.1 Å². The van der Waals surface area contributed by atoms with Gasteiger partial charge in [0.2, 0.25) is 0 Å². The smallest absolute Gasteiger partial charge is 0.316 e. The van der Waals surface area contributed by atoms with Gasteiger partial charge in [-0.05, 0) is 12.1 Å². The minimum atomic E-state index is -0.110. The first-order valence-electron chi connectivity index (χ1n) is 6.74. The lowest BCUT2D eigenvalue weighted by molar-refractivity contribution is 0.218. The highest BCUT2D eigenvalue weighted by Crippen LogP contribution is 2.25. The summed E-state index contributed by atoms with van der Waals surface area (Å²) in [6, 6.07) is 13.6. The zero-order valence-electron chi connectivity index (χ0n) is 12.2. The van der Waals surface area contributed by atoms with Crippen LogP contribution in [-0.2, 0) is 0 Å². The topological polar surface area (TPSA) is 68.2 Å². The Bertz CT molecular complexity index is 688. The highest BCUT2D eigenvalue weighted by molar-refractivity contribution is 5.97. The molecule has 2 aromatic rings. The highest BCUT2D eigenvalue weighted by Gasteiger charge is 2.05. The van der Waals surface area contributed by atoms with E-state index < -0.39 is 0 Å². The van der Waals surface area contributed by atoms with Crippen LogP contribution in [0.2, 0.25) is 0 Å². The molecular weight excluding hydrogens is 264 g/mol. The van der Waals surface area contributed by atoms with Crippen LogP contribution in [0.3, 0.4) is 0 Å². The number of hydrogen-bond acceptors (Lipinski definition) is 3. The Morgan fingerprint density at radius 1 is 1.14 bits per heavy atom. The predicted octanol–water partition coefficient (Wildman–Crippen LogP) is 2.39. The first-order valence-corrected chi connectivity index (χ1v) is 6.74. The van der Waals surface area contributed by atoms with Crippen LogP contribution in [-0.4, -0.2) is 38.1 Å². The van der Waals surface area contributed by atoms with Crippen molar-refractivity contribution in [3.63, 3.8) is 0 Å². The van der Waals surface area contributed by atoms with Crippen LogP contribution >= 0.6 is 0 Å². The Labute approximate surface area is 124 Å². The molecule has 21 heavy (non-hydrogen) atoms. The highest BCUT2D eigenvalue weighted by atomic mass is 16.2. The normalized spacial score (nSPS) is 9.95. The number of nitriles is 1. The van der Waals surface area contributed by atoms with Gasteiger partial charge < -0.3 is 15.5 Å². The number of carbonyl (C=O) groups is 1. The van der Waals surface area contributed by atoms with Gasteiger partial charge in [-0.15, -0.1) is 0 Å². The molecule has 0 aliphatic rings. The molecule has 0 aromatic heterocycles. The summed E-state index contributed by atoms with van der Waals surface area (Å²) in [5.41, 5.74) is 1.63. The largest absolute Gasteiger partial charge is 0.383 e. The third-order valence-corrected chi connectivity index (χ3v) is 3.17. The average molecular weight is 282 g/mol. The fourth-order valence-electron chi connectivity index (χ4n) is 2.08. The molecule has 2 N–H and O–H groups in total. The van der Waals surface area contributed by atoms with Crippen molar-refractivity contribution in [3.8, 4) is 6.07 Å². The summed E-state index contributed by atoms with van der Waals surface area (Å²) in [6.45, 7) is 1.15. The first kappa shape index (κ1) is 14.7. The van der Waals surface area contributed by atoms with Crippen molar-refractivity contribution in [1.29, 1.82) is 5.26 Å². The van der Waals surface area contributed by atoms with Crippen molar-refractivity contribution in [1.82, 2.24) is 10.2 Å². The van der Waals surface area contributed by atoms with Gasteiger partial charge in [-0.3, -0.25) is 0 Å². The van der Waals surface area contributed by atoms with Gasteiger partial charge in [0.1, 0.15) is 0 Å². The molecule has 2 rings (SSSR count). The Morgan fingerprint density at radius 2 is 1.86 bits per heavy atom. The van der Waals surface area contributed by atoms with Gasteiger partial charge in [-0.25, -0.2) is 4.79 Å². The van der Waals surface area contributed by atoms with Crippen LogP contribution in [0.25, 0.3) is 10.8 Å². The number of fused-ring (bicyclic) bond motifs is 1. The number of carbonyl (C=O) groups excluding carboxylic acids is 1. The van der Waals surface area contributed by atoms with Crippen molar-refractivity contribution < 1.29 is 4.79 Å². The summed E-state index contributed by atoms with van der Waals surface area (Å²) in [6.07, 6.45) is 0. The van der Waals surface area contributed by atoms with Crippen LogP contribution in [0.4, 0.5) is 10.5 Å². The minimum absolute atomic E-state index is 0.110. The Morgan fingerprint density at radius 3 is 2.52 bits per heavy atom. The van der Waals surface area contributed by atoms with E-state index in [9.17, 15) is 4.79 Å². The number of nitrogens with zero attached hydrogens (tertiary/aromatic N) is 2. The molecule has 0 bridgehead atoms. The molecule has 5 nitrogen and oxygen atoms in total. The van der Waals surface area contributed by atoms with Gasteiger partial charge in [0.05, 0.1) is 11.6 Å². The van der Waals surface area contributed by atoms with Crippen molar-refractivity contribution in [2.45, 2.75) is 0 Å². The second-order valence-corrected chi connectivity index (χ2v) is 4.87. The molecule has 0 aliphatic heterocycles. The number of nitrogens with one attached hydrogen (secondary N) is 2. The third-order valence-electron chi connectivity index (χ3n) is 3.17. The van der Waals surface area contributed by atoms with E-state index >= 15 is 0 Å². The summed E-state index contributed by atoms with van der Waals surface area (Å²) in [7, 11) is 3.41. The van der Waals surface area contributed by atoms with Gasteiger partial charge in [-0.1, -0.05) is 24.3 Å². The molecule has 0 saturated carbocycles. The number of benzene rings is 2. The number of anilines is 1. The van der Waals surface area contributed by atoms with Crippen molar-refractivity contribution in [2.75, 3.05) is 32.5 Å². The van der Waals surface area contributed by atoms with Gasteiger partial charge >= 0.3 is 6.03 Å². The molecule has 0 saturated heterocycles. The zero-order chi connectivity index (χ0) is 15.2. The summed E-state index contributed by atoms with van der Waals surface area (Å²) >= 11 is 0. The van der Waals surface area contributed by atoms with E-state index in [2.05, 4.69) is 16.7 Å². The molecule has 0 atom stereocenters. The quantitative estimate of drug-likeness (QED) is 0.846. The number of rotatable bonds is 4. The predicted molar refractivity (Wildman–Crippen MR) is 84.2 cm³/mol. The van der Waals surface area contributed by atoms with Gasteiger partial charge in [-0.2, -0.15) is 5.26 Å². The molecular formula is C16H18N4O. The summed E-state index contributed by atoms with van der Waals surface area (Å²) in [5, 5.41) is 17.2. The van der Waals surface area contributed by atoms with E-state index in [1.165, 1.54) is 4.90 Å². The maximum Gasteiger partial charge on any atom is 0.316 e. The summed E-state index contributed by atoms with van der Waals surface area (Å²) in [4.78, 5) is 12.9. The maximum absolute atomic E-state index is 11.4. The van der Waals surface area contributed by atoms with E-state index in [1.807, 2.05) is 36.4 Å². The molecule has 0 spiro atoms. The third kappa shape index (κ3) is 3.42. The lowest BCUT2D eigenvalue weighted by atomic mass is 10.0. The molecule has 2 amide bonds. The van der Waals surface area contributed by atoms with Gasteiger partial charge in [0, 0.05) is 43.6 Å². The summed E-state index contributed by atoms with van der Waals surface area (Å²) < 4.78 is 0. The van der Waals surface area contributed by atoms with E-state index in [4.69, 9.17) is 5.26 Å². The van der Waals surface area contributed by atoms with Crippen molar-refractivity contribution in [2.24, 2.45) is 0 Å². The molecule has 0 fully saturated rings. The Balaban J connectivity index is 2.07. The second-order valence-electron chi connectivity index (χ2n) is 4.87. The van der Waals surface area contributed by atoms with E-state index in [0.717, 1.165) is 16.5 Å². The molecule has 108 valence electrons. The van der Waals surface area contributed by atoms with E-state index in [0.29, 0.717) is 18.7 Å². The van der Waals surface area contributed by atoms with Crippen LogP contribution in [0, 0.1) is 11.3 Å². The average Bonchev–Trinajstić information content (AvgIpc) is 2.51. The van der Waals surface area contributed by atoms with Crippen LogP contribution in [0.1, 0.15) is 5.56 Å². The SMILES string of the molecule is CN(C)C(=O)NCCNc1ccc(C#N)c2ccccc12. The fraction of sp³-hybridized carbons (Fsp3) is 0.250. The molecule has 5 heteroatoms. The first-order chi connectivity index (χ1) is 10.1. The number of amides is 2. The Hall–Kier alpha value is -2.74. The number of urea groups is 1. The zero-order valence-corrected chi connectivity index (χ0v) is 12.2. The van der Waals surface area contributed by atoms with Crippen molar-refractivity contribution >= 4 is 22.5 Å². The van der Waals surface area contributed by atoms with Crippen LogP contribution in [0.15, 0.2) is 36.4 Å². The van der Waals surface area contributed by atoms with Crippen LogP contribution < -0.4 is 10.6 Å². The molecule has 0 aliphatic carbocycles. The lowest BCUT2D eigenvalue weighted by Gasteiger charge is -2.14. The summed E-state index contributed by atoms with van der Waals surface area (Å²) in [5.74, 6) is 0. The standard InChI is InChI=1S/C16H18N4O/c1-20(2)16(21)19-10-9-18-15-8-7-12(11-17)13-5-3-4-6-14(13)15/h3-8,18H,9-10H2,1-2H3,(H,19,21). The minimum Gasteiger partial charge on any atom is -0.383 e. The monoisotopic (exact) mass is 282 g/mol. The number of hydrogen-bond donors (Lipinski definition) is 2. The Kier molecular flexibility index (Phi) is 4.62. The maximum atomic E-state index is 11.4. The fourth-order valence-corrected chi connectivity index (χ4v) is 2.08. The lowest BCUT2D eigenvalue weighted by Crippen LogP contribution is -2.37. The molecule has 0 unspecified atom stereocenters.